The Kier molecular flexibility index (Phi) is 7.74. The molecule has 0 spiro atoms. The van der Waals surface area contributed by atoms with Gasteiger partial charge >= 0.3 is 0 Å². The number of carbonyl (C=O) groups is 1. The highest BCUT2D eigenvalue weighted by molar-refractivity contribution is 7.90. The molecule has 0 aliphatic carbocycles. The lowest BCUT2D eigenvalue weighted by Crippen LogP contribution is -2.60. The number of nitriles is 1. The van der Waals surface area contributed by atoms with Crippen LogP contribution in [0.15, 0.2) is 61.1 Å². The SMILES string of the molecule is CC(C)(c1ccc(C#N)cc1)C(c1cnc[nH]1)N1CC(=O)N(c2cccc(Cl)c2)C[C@@H]1CCS(C)(=O)=O. The van der Waals surface area contributed by atoms with E-state index in [1.807, 2.05) is 18.2 Å². The van der Waals surface area contributed by atoms with Gasteiger partial charge in [-0.2, -0.15) is 5.26 Å². The molecule has 2 aromatic carbocycles. The quantitative estimate of drug-likeness (QED) is 0.461. The summed E-state index contributed by atoms with van der Waals surface area (Å²) in [5.74, 6) is -0.100. The standard InChI is InChI=1S/C27H30ClN5O3S/c1-27(2,20-9-7-19(14-29)8-10-20)26(24-15-30-18-31-24)33-17-25(34)32(22-6-4-5-21(28)13-22)16-23(33)11-12-37(3,35)36/h4-10,13,15,18,23,26H,11-12,16-17H2,1-3H3,(H,30,31)/t23-,26?/m0/s1. The summed E-state index contributed by atoms with van der Waals surface area (Å²) in [6.07, 6.45) is 4.94. The second-order valence-corrected chi connectivity index (χ2v) is 12.7. The van der Waals surface area contributed by atoms with Gasteiger partial charge in [0.1, 0.15) is 9.84 Å². The van der Waals surface area contributed by atoms with Crippen LogP contribution in [-0.4, -0.2) is 60.3 Å². The Morgan fingerprint density at radius 1 is 1.24 bits per heavy atom. The van der Waals surface area contributed by atoms with Crippen molar-refractivity contribution >= 4 is 33.0 Å². The third-order valence-corrected chi connectivity index (χ3v) is 8.22. The van der Waals surface area contributed by atoms with Gasteiger partial charge in [-0.1, -0.05) is 43.6 Å². The fourth-order valence-electron chi connectivity index (χ4n) is 5.12. The van der Waals surface area contributed by atoms with Crippen molar-refractivity contribution in [3.05, 3.63) is 82.9 Å². The lowest BCUT2D eigenvalue weighted by atomic mass is 9.74. The summed E-state index contributed by atoms with van der Waals surface area (Å²) in [7, 11) is -3.23. The van der Waals surface area contributed by atoms with Gasteiger partial charge in [0.2, 0.25) is 5.91 Å². The van der Waals surface area contributed by atoms with Crippen LogP contribution in [0.25, 0.3) is 0 Å². The number of piperazine rings is 1. The Balaban J connectivity index is 1.77. The molecule has 0 saturated carbocycles. The van der Waals surface area contributed by atoms with E-state index in [1.165, 1.54) is 6.26 Å². The number of aromatic amines is 1. The van der Waals surface area contributed by atoms with Crippen LogP contribution < -0.4 is 4.90 Å². The van der Waals surface area contributed by atoms with Crippen molar-refractivity contribution in [2.24, 2.45) is 0 Å². The molecule has 2 atom stereocenters. The molecule has 0 bridgehead atoms. The van der Waals surface area contributed by atoms with E-state index in [9.17, 15) is 18.5 Å². The fraction of sp³-hybridized carbons (Fsp3) is 0.370. The average Bonchev–Trinajstić information content (AvgIpc) is 3.37. The number of aromatic nitrogens is 2. The number of rotatable bonds is 8. The Bertz CT molecular complexity index is 1400. The smallest absolute Gasteiger partial charge is 0.241 e. The largest absolute Gasteiger partial charge is 0.347 e. The number of H-pyrrole nitrogens is 1. The van der Waals surface area contributed by atoms with Crippen LogP contribution in [0.1, 0.15) is 43.1 Å². The first-order valence-electron chi connectivity index (χ1n) is 12.0. The first-order valence-corrected chi connectivity index (χ1v) is 14.4. The Hall–Kier alpha value is -3.19. The van der Waals surface area contributed by atoms with Crippen molar-refractivity contribution in [1.29, 1.82) is 5.26 Å². The second kappa shape index (κ2) is 10.7. The number of nitrogens with one attached hydrogen (secondary N) is 1. The molecule has 1 saturated heterocycles. The van der Waals surface area contributed by atoms with E-state index < -0.39 is 15.3 Å². The summed E-state index contributed by atoms with van der Waals surface area (Å²) in [6.45, 7) is 4.58. The van der Waals surface area contributed by atoms with E-state index in [2.05, 4.69) is 34.8 Å². The number of sulfone groups is 1. The third-order valence-electron chi connectivity index (χ3n) is 7.01. The van der Waals surface area contributed by atoms with Crippen LogP contribution in [0.5, 0.6) is 0 Å². The molecule has 1 unspecified atom stereocenters. The fourth-order valence-corrected chi connectivity index (χ4v) is 6.01. The number of nitrogens with zero attached hydrogens (tertiary/aromatic N) is 4. The lowest BCUT2D eigenvalue weighted by Gasteiger charge is -2.49. The normalized spacial score (nSPS) is 18.0. The highest BCUT2D eigenvalue weighted by Crippen LogP contribution is 2.43. The highest BCUT2D eigenvalue weighted by Gasteiger charge is 2.45. The molecule has 37 heavy (non-hydrogen) atoms. The third kappa shape index (κ3) is 6.04. The predicted octanol–water partition coefficient (Wildman–Crippen LogP) is 4.11. The van der Waals surface area contributed by atoms with Crippen LogP contribution in [-0.2, 0) is 20.0 Å². The topological polar surface area (TPSA) is 110 Å². The molecule has 10 heteroatoms. The van der Waals surface area contributed by atoms with E-state index in [4.69, 9.17) is 11.6 Å². The van der Waals surface area contributed by atoms with Crippen LogP contribution in [0.2, 0.25) is 5.02 Å². The van der Waals surface area contributed by atoms with Gasteiger partial charge in [0.25, 0.3) is 0 Å². The van der Waals surface area contributed by atoms with Crippen molar-refractivity contribution < 1.29 is 13.2 Å². The van der Waals surface area contributed by atoms with Crippen LogP contribution >= 0.6 is 11.6 Å². The van der Waals surface area contributed by atoms with Gasteiger partial charge < -0.3 is 9.88 Å². The number of hydrogen-bond donors (Lipinski definition) is 1. The van der Waals surface area contributed by atoms with Crippen molar-refractivity contribution in [2.45, 2.75) is 37.8 Å². The van der Waals surface area contributed by atoms with Crippen LogP contribution in [0, 0.1) is 11.3 Å². The number of amides is 1. The van der Waals surface area contributed by atoms with Gasteiger partial charge in [0.05, 0.1) is 42.0 Å². The summed E-state index contributed by atoms with van der Waals surface area (Å²) < 4.78 is 24.3. The van der Waals surface area contributed by atoms with Gasteiger partial charge in [0, 0.05) is 41.2 Å². The highest BCUT2D eigenvalue weighted by atomic mass is 35.5. The lowest BCUT2D eigenvalue weighted by molar-refractivity contribution is -0.124. The van der Waals surface area contributed by atoms with Crippen LogP contribution in [0.4, 0.5) is 5.69 Å². The van der Waals surface area contributed by atoms with E-state index in [0.29, 0.717) is 29.2 Å². The van der Waals surface area contributed by atoms with Crippen molar-refractivity contribution in [2.75, 3.05) is 30.0 Å². The molecular formula is C27H30ClN5O3S. The van der Waals surface area contributed by atoms with Crippen molar-refractivity contribution in [3.8, 4) is 6.07 Å². The van der Waals surface area contributed by atoms with Gasteiger partial charge in [-0.3, -0.25) is 9.69 Å². The maximum atomic E-state index is 13.5. The minimum atomic E-state index is -3.23. The molecule has 0 radical (unpaired) electrons. The maximum Gasteiger partial charge on any atom is 0.241 e. The minimum Gasteiger partial charge on any atom is -0.347 e. The molecule has 1 aliphatic heterocycles. The van der Waals surface area contributed by atoms with Gasteiger partial charge in [-0.05, 0) is 42.3 Å². The molecule has 4 rings (SSSR count). The second-order valence-electron chi connectivity index (χ2n) is 10.0. The van der Waals surface area contributed by atoms with Gasteiger partial charge in [-0.25, -0.2) is 13.4 Å². The summed E-state index contributed by atoms with van der Waals surface area (Å²) in [5.41, 5.74) is 2.53. The van der Waals surface area contributed by atoms with Crippen molar-refractivity contribution in [1.82, 2.24) is 14.9 Å². The molecular weight excluding hydrogens is 510 g/mol. The first-order chi connectivity index (χ1) is 17.5. The van der Waals surface area contributed by atoms with Gasteiger partial charge in [-0.15, -0.1) is 0 Å². The zero-order chi connectivity index (χ0) is 26.8. The van der Waals surface area contributed by atoms with E-state index in [1.54, 1.807) is 47.8 Å². The summed E-state index contributed by atoms with van der Waals surface area (Å²) in [4.78, 5) is 24.8. The van der Waals surface area contributed by atoms with E-state index in [-0.39, 0.29) is 30.3 Å². The van der Waals surface area contributed by atoms with E-state index >= 15 is 0 Å². The van der Waals surface area contributed by atoms with E-state index in [0.717, 1.165) is 11.3 Å². The molecule has 3 aromatic rings. The molecule has 1 amide bonds. The average molecular weight is 540 g/mol. The molecule has 2 heterocycles. The number of carbonyl (C=O) groups excluding carboxylic acids is 1. The summed E-state index contributed by atoms with van der Waals surface area (Å²) in [6, 6.07) is 16.1. The molecule has 1 N–H and O–H groups in total. The number of halogens is 1. The van der Waals surface area contributed by atoms with Crippen molar-refractivity contribution in [3.63, 3.8) is 0 Å². The minimum absolute atomic E-state index is 0.00126. The zero-order valence-corrected chi connectivity index (χ0v) is 22.6. The first kappa shape index (κ1) is 26.9. The Labute approximate surface area is 222 Å². The molecule has 1 fully saturated rings. The predicted molar refractivity (Wildman–Crippen MR) is 144 cm³/mol. The number of hydrogen-bond acceptors (Lipinski definition) is 6. The molecule has 1 aromatic heterocycles. The Morgan fingerprint density at radius 3 is 2.57 bits per heavy atom. The number of imidazole rings is 1. The molecule has 8 nitrogen and oxygen atoms in total. The number of benzene rings is 2. The summed E-state index contributed by atoms with van der Waals surface area (Å²) >= 11 is 6.21. The Morgan fingerprint density at radius 2 is 1.97 bits per heavy atom. The number of anilines is 1. The monoisotopic (exact) mass is 539 g/mol. The summed E-state index contributed by atoms with van der Waals surface area (Å²) in [5, 5.41) is 9.77. The molecule has 1 aliphatic rings. The maximum absolute atomic E-state index is 13.5. The molecule has 194 valence electrons. The zero-order valence-electron chi connectivity index (χ0n) is 21.1. The van der Waals surface area contributed by atoms with Gasteiger partial charge in [0.15, 0.2) is 0 Å². The van der Waals surface area contributed by atoms with Crippen LogP contribution in [0.3, 0.4) is 0 Å².